The van der Waals surface area contributed by atoms with Gasteiger partial charge in [-0.2, -0.15) is 9.67 Å². The molecule has 0 aliphatic carbocycles. The lowest BCUT2D eigenvalue weighted by atomic mass is 10.1. The number of aromatic nitrogens is 8. The van der Waals surface area contributed by atoms with Gasteiger partial charge in [-0.05, 0) is 13.7 Å². The minimum absolute atomic E-state index is 0.158. The maximum absolute atomic E-state index is 15.3. The molecule has 45 heavy (non-hydrogen) atoms. The van der Waals surface area contributed by atoms with Gasteiger partial charge in [0.05, 0.1) is 18.6 Å². The summed E-state index contributed by atoms with van der Waals surface area (Å²) in [7, 11) is -0.250. The van der Waals surface area contributed by atoms with E-state index >= 15 is 8.78 Å². The fourth-order valence-electron chi connectivity index (χ4n) is 4.79. The SMILES string of the molecule is Nc1nc2c(nnn2[C@@H]2O[C@H](CO)[C@H](F)[C@H]2OP([O-])(=S)OC[C@H]2O[C@@H](n3ccc4c(N)ncnc43)[C@@H](F)[C@@H]2O)c(=O)[nH]1.O=P[S-]. The first-order valence-corrected chi connectivity index (χ1v) is 16.9. The Morgan fingerprint density at radius 1 is 1.22 bits per heavy atom. The van der Waals surface area contributed by atoms with Gasteiger partial charge in [-0.15, -0.1) is 5.10 Å². The highest BCUT2D eigenvalue weighted by Gasteiger charge is 2.50. The highest BCUT2D eigenvalue weighted by molar-refractivity contribution is 8.19. The molecule has 2 aliphatic heterocycles. The van der Waals surface area contributed by atoms with Crippen LogP contribution in [0.25, 0.3) is 22.2 Å². The Morgan fingerprint density at radius 3 is 2.64 bits per heavy atom. The van der Waals surface area contributed by atoms with Crippen LogP contribution in [0.2, 0.25) is 0 Å². The molecule has 0 radical (unpaired) electrons. The predicted molar refractivity (Wildman–Crippen MR) is 153 cm³/mol. The van der Waals surface area contributed by atoms with Crippen LogP contribution in [-0.2, 0) is 47.1 Å². The number of anilines is 2. The smallest absolute Gasteiger partial charge is 0.282 e. The summed E-state index contributed by atoms with van der Waals surface area (Å²) in [4.78, 5) is 39.4. The molecule has 0 saturated carbocycles. The van der Waals surface area contributed by atoms with Crippen molar-refractivity contribution in [1.29, 1.82) is 0 Å². The number of halogens is 2. The van der Waals surface area contributed by atoms with Crippen molar-refractivity contribution in [2.75, 3.05) is 24.7 Å². The maximum atomic E-state index is 15.3. The summed E-state index contributed by atoms with van der Waals surface area (Å²) >= 11 is 8.75. The number of fused-ring (bicyclic) bond motifs is 2. The number of aromatic amines is 1. The van der Waals surface area contributed by atoms with Gasteiger partial charge in [-0.1, -0.05) is 17.0 Å². The fourth-order valence-corrected chi connectivity index (χ4v) is 6.17. The minimum Gasteiger partial charge on any atom is -0.780 e. The molecule has 0 amide bonds. The van der Waals surface area contributed by atoms with E-state index in [0.29, 0.717) is 5.39 Å². The van der Waals surface area contributed by atoms with E-state index < -0.39 is 74.7 Å². The van der Waals surface area contributed by atoms with E-state index in [2.05, 4.69) is 42.5 Å². The second-order valence-electron chi connectivity index (χ2n) is 9.46. The van der Waals surface area contributed by atoms with Gasteiger partial charge in [0.25, 0.3) is 5.56 Å². The van der Waals surface area contributed by atoms with Crippen molar-refractivity contribution in [2.45, 2.75) is 49.2 Å². The summed E-state index contributed by atoms with van der Waals surface area (Å²) in [6, 6.07) is 1.55. The van der Waals surface area contributed by atoms with Gasteiger partial charge in [-0.25, -0.2) is 18.7 Å². The van der Waals surface area contributed by atoms with E-state index in [9.17, 15) is 19.9 Å². The van der Waals surface area contributed by atoms with Crippen molar-refractivity contribution in [3.05, 3.63) is 28.9 Å². The predicted octanol–water partition coefficient (Wildman–Crippen LogP) is -1.33. The van der Waals surface area contributed by atoms with Crippen molar-refractivity contribution in [2.24, 2.45) is 0 Å². The Kier molecular flexibility index (Phi) is 10.1. The molecule has 0 bridgehead atoms. The number of nitrogen functional groups attached to an aromatic ring is 2. The number of nitrogens with two attached hydrogens (primary N) is 2. The molecule has 6 rings (SSSR count). The molecule has 244 valence electrons. The summed E-state index contributed by atoms with van der Waals surface area (Å²) in [5.41, 5.74) is 10.4. The molecule has 0 spiro atoms. The zero-order valence-electron chi connectivity index (χ0n) is 22.3. The van der Waals surface area contributed by atoms with Crippen molar-refractivity contribution in [3.8, 4) is 0 Å². The molecule has 2 fully saturated rings. The van der Waals surface area contributed by atoms with E-state index in [1.165, 1.54) is 17.1 Å². The van der Waals surface area contributed by atoms with Gasteiger partial charge in [0.2, 0.25) is 5.95 Å². The molecule has 1 unspecified atom stereocenters. The Balaban J connectivity index is 0.00000128. The number of nitrogens with zero attached hydrogens (tertiary/aromatic N) is 7. The second kappa shape index (κ2) is 13.5. The first kappa shape index (κ1) is 33.5. The Bertz CT molecular complexity index is 1800. The lowest BCUT2D eigenvalue weighted by molar-refractivity contribution is -0.218. The van der Waals surface area contributed by atoms with Gasteiger partial charge in [0.15, 0.2) is 36.0 Å². The average Bonchev–Trinajstić information content (AvgIpc) is 3.74. The lowest BCUT2D eigenvalue weighted by Gasteiger charge is -2.33. The minimum atomic E-state index is -4.61. The quantitative estimate of drug-likeness (QED) is 0.105. The standard InChI is InChI=1S/C20H23F2N10O8PS.HOPS/c21-9-7(3-33)38-19(32-16-11(29-30-32)17(35)28-20(24)27-16)13(9)40-41(36,42)37-4-8-12(34)10(22)18(39-8)31-2-1-6-14(23)25-5-26-15(6)31;1-2-3/h1-2,5,7-10,12-13,18-19,33-34H,3-4H2,(H,36,42)(H2,23,25,26)(H3,24,27,28,35);(H,1,3)/p-2/t7-,8-,9+,10+,12-,13-,18-,19-,41?;/m1./s1. The molecular formula is C20H22F2N10O9P2S2-2. The second-order valence-corrected chi connectivity index (χ2v) is 12.8. The zero-order chi connectivity index (χ0) is 32.6. The third-order valence-corrected chi connectivity index (χ3v) is 8.34. The largest absolute Gasteiger partial charge is 0.780 e. The topological polar surface area (TPSA) is 277 Å². The van der Waals surface area contributed by atoms with Crippen LogP contribution < -0.4 is 21.9 Å². The maximum Gasteiger partial charge on any atom is 0.282 e. The van der Waals surface area contributed by atoms with Crippen LogP contribution in [0.5, 0.6) is 0 Å². The van der Waals surface area contributed by atoms with Crippen molar-refractivity contribution in [3.63, 3.8) is 0 Å². The van der Waals surface area contributed by atoms with Gasteiger partial charge >= 0.3 is 0 Å². The van der Waals surface area contributed by atoms with E-state index in [1.807, 2.05) is 0 Å². The normalized spacial score (nSPS) is 29.6. The first-order chi connectivity index (χ1) is 21.4. The van der Waals surface area contributed by atoms with Crippen LogP contribution in [0.4, 0.5) is 20.5 Å². The molecule has 25 heteroatoms. The third-order valence-electron chi connectivity index (χ3n) is 6.79. The number of aliphatic hydroxyl groups excluding tert-OH is 2. The number of aliphatic hydroxyl groups is 2. The first-order valence-electron chi connectivity index (χ1n) is 12.5. The number of hydrogen-bond acceptors (Lipinski definition) is 18. The number of rotatable bonds is 8. The number of nitrogens with one attached hydrogen (secondary N) is 1. The molecule has 9 atom stereocenters. The van der Waals surface area contributed by atoms with Crippen LogP contribution in [-0.4, -0.2) is 99.7 Å². The third kappa shape index (κ3) is 6.56. The van der Waals surface area contributed by atoms with Crippen LogP contribution >= 0.6 is 14.4 Å². The monoisotopic (exact) mass is 710 g/mol. The molecule has 4 aromatic rings. The highest BCUT2D eigenvalue weighted by atomic mass is 32.7. The molecule has 7 N–H and O–H groups in total. The summed E-state index contributed by atoms with van der Waals surface area (Å²) in [5, 5.41) is 27.9. The highest BCUT2D eigenvalue weighted by Crippen LogP contribution is 2.48. The number of H-pyrrole nitrogens is 1. The van der Waals surface area contributed by atoms with Crippen molar-refractivity contribution in [1.82, 2.24) is 39.5 Å². The van der Waals surface area contributed by atoms with Crippen LogP contribution in [0.15, 0.2) is 23.4 Å². The van der Waals surface area contributed by atoms with Gasteiger partial charge < -0.3 is 66.5 Å². The summed E-state index contributed by atoms with van der Waals surface area (Å²) < 4.78 is 62.9. The van der Waals surface area contributed by atoms with Crippen molar-refractivity contribution < 1.29 is 47.0 Å². The fraction of sp³-hybridized carbons (Fsp3) is 0.500. The van der Waals surface area contributed by atoms with E-state index in [4.69, 9.17) is 46.4 Å². The number of hydrogen-bond donors (Lipinski definition) is 5. The van der Waals surface area contributed by atoms with E-state index in [1.54, 1.807) is 6.07 Å². The summed E-state index contributed by atoms with van der Waals surface area (Å²) in [6.45, 7) is -6.13. The van der Waals surface area contributed by atoms with Gasteiger partial charge in [0, 0.05) is 6.20 Å². The molecular weight excluding hydrogens is 688 g/mol. The molecule has 6 heterocycles. The van der Waals surface area contributed by atoms with Crippen LogP contribution in [0, 0.1) is 0 Å². The summed E-state index contributed by atoms with van der Waals surface area (Å²) in [5.74, 6) is -0.145. The van der Waals surface area contributed by atoms with Crippen LogP contribution in [0.3, 0.4) is 0 Å². The molecule has 2 saturated heterocycles. The number of ether oxygens (including phenoxy) is 2. The number of alkyl halides is 2. The Labute approximate surface area is 261 Å². The van der Waals surface area contributed by atoms with E-state index in [0.717, 1.165) is 4.68 Å². The molecule has 0 aromatic carbocycles. The Hall–Kier alpha value is -2.82. The molecule has 2 aliphatic rings. The zero-order valence-corrected chi connectivity index (χ0v) is 25.7. The molecule has 19 nitrogen and oxygen atoms in total. The van der Waals surface area contributed by atoms with Crippen molar-refractivity contribution >= 4 is 72.4 Å². The summed E-state index contributed by atoms with van der Waals surface area (Å²) in [6.07, 6.45) is -10.8. The Morgan fingerprint density at radius 2 is 1.93 bits per heavy atom. The van der Waals surface area contributed by atoms with Gasteiger partial charge in [-0.3, -0.25) is 9.78 Å². The van der Waals surface area contributed by atoms with Crippen LogP contribution in [0.1, 0.15) is 12.5 Å². The lowest BCUT2D eigenvalue weighted by Crippen LogP contribution is -2.35. The average molecular weight is 711 g/mol. The van der Waals surface area contributed by atoms with Gasteiger partial charge in [0.1, 0.15) is 48.9 Å². The van der Waals surface area contributed by atoms with E-state index in [-0.39, 0.29) is 36.2 Å². The molecule has 4 aromatic heterocycles.